The maximum atomic E-state index is 6.73. The lowest BCUT2D eigenvalue weighted by Crippen LogP contribution is -2.16. The van der Waals surface area contributed by atoms with Crippen molar-refractivity contribution in [3.63, 3.8) is 0 Å². The maximum absolute atomic E-state index is 6.73. The van der Waals surface area contributed by atoms with E-state index in [2.05, 4.69) is 30.4 Å². The first-order valence-corrected chi connectivity index (χ1v) is 7.33. The van der Waals surface area contributed by atoms with Crippen LogP contribution in [0.5, 0.6) is 0 Å². The lowest BCUT2D eigenvalue weighted by atomic mass is 9.87. The highest BCUT2D eigenvalue weighted by Gasteiger charge is 2.27. The van der Waals surface area contributed by atoms with Crippen LogP contribution in [0.3, 0.4) is 0 Å². The molecule has 0 heterocycles. The van der Waals surface area contributed by atoms with Crippen LogP contribution < -0.4 is 0 Å². The van der Waals surface area contributed by atoms with Gasteiger partial charge in [0.15, 0.2) is 0 Å². The van der Waals surface area contributed by atoms with Crippen molar-refractivity contribution >= 4 is 28.8 Å². The van der Waals surface area contributed by atoms with Gasteiger partial charge in [-0.15, -0.1) is 11.6 Å². The van der Waals surface area contributed by atoms with E-state index in [1.807, 2.05) is 42.5 Å². The molecule has 0 aromatic heterocycles. The van der Waals surface area contributed by atoms with E-state index in [1.165, 1.54) is 5.57 Å². The Balaban J connectivity index is 1.85. The van der Waals surface area contributed by atoms with Gasteiger partial charge in [0.05, 0.1) is 4.87 Å². The Hall–Kier alpha value is -1.50. The van der Waals surface area contributed by atoms with Crippen LogP contribution in [0.1, 0.15) is 17.5 Å². The molecule has 0 amide bonds. The fourth-order valence-corrected chi connectivity index (χ4v) is 2.79. The Morgan fingerprint density at radius 2 is 1.60 bits per heavy atom. The van der Waals surface area contributed by atoms with Gasteiger partial charge in [-0.25, -0.2) is 0 Å². The van der Waals surface area contributed by atoms with Crippen LogP contribution in [0.25, 0.3) is 5.57 Å². The van der Waals surface area contributed by atoms with Gasteiger partial charge in [-0.05, 0) is 35.3 Å². The van der Waals surface area contributed by atoms with Crippen molar-refractivity contribution in [2.75, 3.05) is 0 Å². The number of benzene rings is 2. The van der Waals surface area contributed by atoms with E-state index in [0.717, 1.165) is 22.6 Å². The average Bonchev–Trinajstić information content (AvgIpc) is 2.50. The van der Waals surface area contributed by atoms with Crippen LogP contribution in [-0.4, -0.2) is 0 Å². The molecule has 1 aliphatic carbocycles. The number of hydrogen-bond donors (Lipinski definition) is 0. The van der Waals surface area contributed by atoms with Crippen molar-refractivity contribution in [3.8, 4) is 0 Å². The van der Waals surface area contributed by atoms with Gasteiger partial charge in [0, 0.05) is 5.02 Å². The second-order valence-corrected chi connectivity index (χ2v) is 6.04. The lowest BCUT2D eigenvalue weighted by molar-refractivity contribution is 0.766. The third-order valence-corrected chi connectivity index (χ3v) is 4.33. The van der Waals surface area contributed by atoms with Crippen molar-refractivity contribution in [2.24, 2.45) is 0 Å². The second kappa shape index (κ2) is 5.47. The molecule has 0 aliphatic heterocycles. The van der Waals surface area contributed by atoms with E-state index < -0.39 is 4.87 Å². The predicted molar refractivity (Wildman–Crippen MR) is 87.2 cm³/mol. The Labute approximate surface area is 129 Å². The Morgan fingerprint density at radius 3 is 2.20 bits per heavy atom. The summed E-state index contributed by atoms with van der Waals surface area (Å²) in [6, 6.07) is 18.1. The summed E-state index contributed by atoms with van der Waals surface area (Å²) in [4.78, 5) is -0.433. The summed E-state index contributed by atoms with van der Waals surface area (Å²) >= 11 is 12.6. The van der Waals surface area contributed by atoms with Gasteiger partial charge in [0.25, 0.3) is 0 Å². The number of allylic oxidation sites excluding steroid dienone is 4. The van der Waals surface area contributed by atoms with Crippen molar-refractivity contribution in [1.82, 2.24) is 0 Å². The monoisotopic (exact) mass is 300 g/mol. The van der Waals surface area contributed by atoms with E-state index in [-0.39, 0.29) is 0 Å². The average molecular weight is 301 g/mol. The minimum atomic E-state index is -0.433. The topological polar surface area (TPSA) is 0 Å². The standard InChI is InChI=1S/C18H14Cl2/c19-17-8-6-14(7-9-17)15-10-12-18(20,13-11-15)16-4-2-1-3-5-16/h1-12H,13H2. The van der Waals surface area contributed by atoms with E-state index in [4.69, 9.17) is 23.2 Å². The van der Waals surface area contributed by atoms with E-state index in [0.29, 0.717) is 0 Å². The largest absolute Gasteiger partial charge is 0.109 e. The molecule has 0 saturated heterocycles. The molecule has 1 unspecified atom stereocenters. The molecule has 2 aromatic rings. The molecule has 1 aliphatic rings. The first-order valence-electron chi connectivity index (χ1n) is 6.57. The lowest BCUT2D eigenvalue weighted by Gasteiger charge is -2.26. The van der Waals surface area contributed by atoms with Crippen molar-refractivity contribution in [2.45, 2.75) is 11.3 Å². The van der Waals surface area contributed by atoms with Crippen molar-refractivity contribution in [3.05, 3.63) is 89.0 Å². The van der Waals surface area contributed by atoms with Crippen LogP contribution in [0.2, 0.25) is 5.02 Å². The molecule has 1 atom stereocenters. The van der Waals surface area contributed by atoms with Gasteiger partial charge >= 0.3 is 0 Å². The first-order chi connectivity index (χ1) is 9.67. The Morgan fingerprint density at radius 1 is 0.900 bits per heavy atom. The second-order valence-electron chi connectivity index (χ2n) is 4.93. The quantitative estimate of drug-likeness (QED) is 0.613. The molecule has 0 N–H and O–H groups in total. The van der Waals surface area contributed by atoms with Crippen LogP contribution >= 0.6 is 23.2 Å². The van der Waals surface area contributed by atoms with E-state index in [9.17, 15) is 0 Å². The Kier molecular flexibility index (Phi) is 3.69. The molecule has 3 rings (SSSR count). The van der Waals surface area contributed by atoms with Gasteiger partial charge in [0.1, 0.15) is 0 Å². The highest BCUT2D eigenvalue weighted by molar-refractivity contribution is 6.30. The molecule has 0 spiro atoms. The molecule has 0 fully saturated rings. The van der Waals surface area contributed by atoms with Crippen LogP contribution in [0, 0.1) is 0 Å². The number of hydrogen-bond acceptors (Lipinski definition) is 0. The zero-order valence-corrected chi connectivity index (χ0v) is 12.4. The van der Waals surface area contributed by atoms with E-state index in [1.54, 1.807) is 0 Å². The minimum Gasteiger partial charge on any atom is -0.109 e. The Bertz CT molecular complexity index is 654. The third kappa shape index (κ3) is 2.67. The zero-order chi connectivity index (χ0) is 14.0. The normalized spacial score (nSPS) is 21.6. The molecular weight excluding hydrogens is 287 g/mol. The molecule has 2 aromatic carbocycles. The molecule has 2 heteroatoms. The molecule has 20 heavy (non-hydrogen) atoms. The number of halogens is 2. The number of rotatable bonds is 2. The highest BCUT2D eigenvalue weighted by Crippen LogP contribution is 2.39. The van der Waals surface area contributed by atoms with Crippen molar-refractivity contribution < 1.29 is 0 Å². The molecule has 0 radical (unpaired) electrons. The summed E-state index contributed by atoms with van der Waals surface area (Å²) in [7, 11) is 0. The predicted octanol–water partition coefficient (Wildman–Crippen LogP) is 5.82. The maximum Gasteiger partial charge on any atom is 0.0912 e. The fraction of sp³-hybridized carbons (Fsp3) is 0.111. The van der Waals surface area contributed by atoms with E-state index >= 15 is 0 Å². The fourth-order valence-electron chi connectivity index (χ4n) is 2.40. The summed E-state index contributed by atoms with van der Waals surface area (Å²) < 4.78 is 0. The SMILES string of the molecule is Clc1ccc(C2=CCC(Cl)(c3ccccc3)C=C2)cc1. The smallest absolute Gasteiger partial charge is 0.0912 e. The van der Waals surface area contributed by atoms with Gasteiger partial charge in [-0.2, -0.15) is 0 Å². The zero-order valence-electron chi connectivity index (χ0n) is 10.9. The summed E-state index contributed by atoms with van der Waals surface area (Å²) in [5.74, 6) is 0. The van der Waals surface area contributed by atoms with Crippen LogP contribution in [0.4, 0.5) is 0 Å². The van der Waals surface area contributed by atoms with Gasteiger partial charge in [0.2, 0.25) is 0 Å². The number of alkyl halides is 1. The summed E-state index contributed by atoms with van der Waals surface area (Å²) in [6.45, 7) is 0. The highest BCUT2D eigenvalue weighted by atomic mass is 35.5. The molecule has 100 valence electrons. The minimum absolute atomic E-state index is 0.433. The van der Waals surface area contributed by atoms with Crippen LogP contribution in [-0.2, 0) is 4.87 Å². The summed E-state index contributed by atoms with van der Waals surface area (Å²) in [6.07, 6.45) is 7.14. The summed E-state index contributed by atoms with van der Waals surface area (Å²) in [5, 5.41) is 0.755. The van der Waals surface area contributed by atoms with Crippen LogP contribution in [0.15, 0.2) is 72.8 Å². The third-order valence-electron chi connectivity index (χ3n) is 3.58. The first kappa shape index (κ1) is 13.5. The van der Waals surface area contributed by atoms with Gasteiger partial charge < -0.3 is 0 Å². The molecule has 0 nitrogen and oxygen atoms in total. The molecule has 0 saturated carbocycles. The van der Waals surface area contributed by atoms with Crippen molar-refractivity contribution in [1.29, 1.82) is 0 Å². The summed E-state index contributed by atoms with van der Waals surface area (Å²) in [5.41, 5.74) is 3.48. The van der Waals surface area contributed by atoms with Gasteiger partial charge in [-0.3, -0.25) is 0 Å². The molecule has 0 bridgehead atoms. The van der Waals surface area contributed by atoms with Gasteiger partial charge in [-0.1, -0.05) is 72.3 Å². The molecular formula is C18H14Cl2.